The van der Waals surface area contributed by atoms with Crippen molar-refractivity contribution in [2.45, 2.75) is 44.6 Å². The Kier molecular flexibility index (Phi) is 4.14. The van der Waals surface area contributed by atoms with Gasteiger partial charge in [0.05, 0.1) is 6.54 Å². The Bertz CT molecular complexity index is 446. The predicted octanol–water partition coefficient (Wildman–Crippen LogP) is 2.04. The first-order chi connectivity index (χ1) is 9.83. The standard InChI is InChI=1S/C15H21N3O2/c19-15(12-5-2-1-3-6-12)18-10-8-13(11-18)20-14-7-4-9-16-17-14/h4,7,9,12-13H,1-3,5-6,8,10-11H2. The molecule has 20 heavy (non-hydrogen) atoms. The van der Waals surface area contributed by atoms with Gasteiger partial charge < -0.3 is 9.64 Å². The molecule has 108 valence electrons. The van der Waals surface area contributed by atoms with E-state index in [1.165, 1.54) is 19.3 Å². The van der Waals surface area contributed by atoms with E-state index in [0.29, 0.717) is 18.3 Å². The van der Waals surface area contributed by atoms with Crippen LogP contribution in [0.3, 0.4) is 0 Å². The SMILES string of the molecule is O=C(C1CCCCC1)N1CCC(Oc2cccnn2)C1. The molecule has 1 amide bonds. The first-order valence-electron chi connectivity index (χ1n) is 7.56. The summed E-state index contributed by atoms with van der Waals surface area (Å²) in [5.41, 5.74) is 0. The first kappa shape index (κ1) is 13.3. The summed E-state index contributed by atoms with van der Waals surface area (Å²) < 4.78 is 5.78. The molecule has 0 spiro atoms. The predicted molar refractivity (Wildman–Crippen MR) is 74.2 cm³/mol. The van der Waals surface area contributed by atoms with Gasteiger partial charge >= 0.3 is 0 Å². The molecule has 2 aliphatic rings. The van der Waals surface area contributed by atoms with E-state index in [-0.39, 0.29) is 12.0 Å². The van der Waals surface area contributed by atoms with Crippen molar-refractivity contribution in [2.75, 3.05) is 13.1 Å². The molecule has 1 aliphatic heterocycles. The van der Waals surface area contributed by atoms with E-state index in [0.717, 1.165) is 25.8 Å². The van der Waals surface area contributed by atoms with Crippen LogP contribution in [0.25, 0.3) is 0 Å². The van der Waals surface area contributed by atoms with Crippen LogP contribution < -0.4 is 4.74 Å². The number of aromatic nitrogens is 2. The summed E-state index contributed by atoms with van der Waals surface area (Å²) in [6.07, 6.45) is 8.36. The lowest BCUT2D eigenvalue weighted by molar-refractivity contribution is -0.135. The van der Waals surface area contributed by atoms with Crippen molar-refractivity contribution >= 4 is 5.91 Å². The zero-order chi connectivity index (χ0) is 13.8. The second-order valence-corrected chi connectivity index (χ2v) is 5.71. The molecular weight excluding hydrogens is 254 g/mol. The van der Waals surface area contributed by atoms with Crippen LogP contribution in [-0.4, -0.2) is 40.2 Å². The van der Waals surface area contributed by atoms with Gasteiger partial charge in [-0.3, -0.25) is 4.79 Å². The number of likely N-dealkylation sites (tertiary alicyclic amines) is 1. The highest BCUT2D eigenvalue weighted by atomic mass is 16.5. The lowest BCUT2D eigenvalue weighted by atomic mass is 9.88. The number of amides is 1. The van der Waals surface area contributed by atoms with Gasteiger partial charge in [0.2, 0.25) is 11.8 Å². The lowest BCUT2D eigenvalue weighted by Gasteiger charge is -2.26. The van der Waals surface area contributed by atoms with E-state index in [1.807, 2.05) is 11.0 Å². The minimum Gasteiger partial charge on any atom is -0.471 e. The number of hydrogen-bond donors (Lipinski definition) is 0. The fraction of sp³-hybridized carbons (Fsp3) is 0.667. The normalized spacial score (nSPS) is 23.8. The molecule has 1 saturated carbocycles. The van der Waals surface area contributed by atoms with Crippen molar-refractivity contribution in [3.63, 3.8) is 0 Å². The molecule has 0 bridgehead atoms. The third-order valence-electron chi connectivity index (χ3n) is 4.25. The maximum atomic E-state index is 12.4. The Morgan fingerprint density at radius 2 is 2.10 bits per heavy atom. The third-order valence-corrected chi connectivity index (χ3v) is 4.25. The van der Waals surface area contributed by atoms with Crippen LogP contribution in [0.5, 0.6) is 5.88 Å². The summed E-state index contributed by atoms with van der Waals surface area (Å²) in [5, 5.41) is 7.73. The summed E-state index contributed by atoms with van der Waals surface area (Å²) in [6, 6.07) is 3.61. The Hall–Kier alpha value is -1.65. The number of ether oxygens (including phenoxy) is 1. The minimum absolute atomic E-state index is 0.0549. The molecule has 1 aromatic heterocycles. The summed E-state index contributed by atoms with van der Waals surface area (Å²) in [7, 11) is 0. The van der Waals surface area contributed by atoms with Crippen molar-refractivity contribution in [3.05, 3.63) is 18.3 Å². The Morgan fingerprint density at radius 1 is 1.25 bits per heavy atom. The van der Waals surface area contributed by atoms with Crippen LogP contribution in [0.4, 0.5) is 0 Å². The fourth-order valence-corrected chi connectivity index (χ4v) is 3.15. The molecule has 0 N–H and O–H groups in total. The van der Waals surface area contributed by atoms with Crippen LogP contribution in [0.2, 0.25) is 0 Å². The largest absolute Gasteiger partial charge is 0.471 e. The van der Waals surface area contributed by atoms with Crippen LogP contribution in [-0.2, 0) is 4.79 Å². The van der Waals surface area contributed by atoms with E-state index < -0.39 is 0 Å². The van der Waals surface area contributed by atoms with Crippen LogP contribution >= 0.6 is 0 Å². The molecule has 5 heteroatoms. The first-order valence-corrected chi connectivity index (χ1v) is 7.56. The Morgan fingerprint density at radius 3 is 2.85 bits per heavy atom. The number of nitrogens with zero attached hydrogens (tertiary/aromatic N) is 3. The summed E-state index contributed by atoms with van der Waals surface area (Å²) >= 11 is 0. The van der Waals surface area contributed by atoms with Crippen molar-refractivity contribution in [3.8, 4) is 5.88 Å². The molecule has 1 aliphatic carbocycles. The molecule has 0 aromatic carbocycles. The second kappa shape index (κ2) is 6.20. The molecule has 5 nitrogen and oxygen atoms in total. The maximum absolute atomic E-state index is 12.4. The second-order valence-electron chi connectivity index (χ2n) is 5.71. The van der Waals surface area contributed by atoms with Gasteiger partial charge in [0, 0.05) is 31.1 Å². The smallest absolute Gasteiger partial charge is 0.233 e. The fourth-order valence-electron chi connectivity index (χ4n) is 3.15. The number of carbonyl (C=O) groups is 1. The van der Waals surface area contributed by atoms with Gasteiger partial charge in [-0.1, -0.05) is 19.3 Å². The van der Waals surface area contributed by atoms with E-state index >= 15 is 0 Å². The zero-order valence-electron chi connectivity index (χ0n) is 11.7. The highest BCUT2D eigenvalue weighted by Crippen LogP contribution is 2.27. The topological polar surface area (TPSA) is 55.3 Å². The van der Waals surface area contributed by atoms with Gasteiger partial charge in [0.15, 0.2) is 0 Å². The molecule has 0 radical (unpaired) electrons. The molecule has 1 aromatic rings. The molecule has 1 saturated heterocycles. The zero-order valence-corrected chi connectivity index (χ0v) is 11.7. The Labute approximate surface area is 119 Å². The molecule has 1 atom stereocenters. The van der Waals surface area contributed by atoms with Crippen LogP contribution in [0.15, 0.2) is 18.3 Å². The Balaban J connectivity index is 1.52. The van der Waals surface area contributed by atoms with Crippen molar-refractivity contribution in [2.24, 2.45) is 5.92 Å². The average Bonchev–Trinajstić information content (AvgIpc) is 2.97. The van der Waals surface area contributed by atoms with Crippen molar-refractivity contribution < 1.29 is 9.53 Å². The minimum atomic E-state index is 0.0549. The molecule has 2 fully saturated rings. The van der Waals surface area contributed by atoms with Crippen LogP contribution in [0.1, 0.15) is 38.5 Å². The van der Waals surface area contributed by atoms with E-state index in [1.54, 1.807) is 12.3 Å². The molecule has 2 heterocycles. The van der Waals surface area contributed by atoms with E-state index in [2.05, 4.69) is 10.2 Å². The summed E-state index contributed by atoms with van der Waals surface area (Å²) in [6.45, 7) is 1.49. The molecular formula is C15H21N3O2. The average molecular weight is 275 g/mol. The van der Waals surface area contributed by atoms with Crippen molar-refractivity contribution in [1.82, 2.24) is 15.1 Å². The van der Waals surface area contributed by atoms with Gasteiger partial charge in [-0.2, -0.15) is 5.10 Å². The van der Waals surface area contributed by atoms with Gasteiger partial charge in [-0.05, 0) is 18.9 Å². The van der Waals surface area contributed by atoms with Gasteiger partial charge in [-0.15, -0.1) is 5.10 Å². The maximum Gasteiger partial charge on any atom is 0.233 e. The van der Waals surface area contributed by atoms with Gasteiger partial charge in [0.25, 0.3) is 0 Å². The number of carbonyl (C=O) groups excluding carboxylic acids is 1. The third kappa shape index (κ3) is 3.08. The van der Waals surface area contributed by atoms with Crippen molar-refractivity contribution in [1.29, 1.82) is 0 Å². The lowest BCUT2D eigenvalue weighted by Crippen LogP contribution is -2.36. The highest BCUT2D eigenvalue weighted by Gasteiger charge is 2.32. The number of rotatable bonds is 3. The van der Waals surface area contributed by atoms with E-state index in [4.69, 9.17) is 4.74 Å². The quantitative estimate of drug-likeness (QED) is 0.847. The van der Waals surface area contributed by atoms with Crippen LogP contribution in [0, 0.1) is 5.92 Å². The van der Waals surface area contributed by atoms with E-state index in [9.17, 15) is 4.79 Å². The molecule has 1 unspecified atom stereocenters. The summed E-state index contributed by atoms with van der Waals surface area (Å²) in [4.78, 5) is 14.4. The number of hydrogen-bond acceptors (Lipinski definition) is 4. The molecule has 3 rings (SSSR count). The monoisotopic (exact) mass is 275 g/mol. The van der Waals surface area contributed by atoms with Gasteiger partial charge in [0.1, 0.15) is 6.10 Å². The van der Waals surface area contributed by atoms with Gasteiger partial charge in [-0.25, -0.2) is 0 Å². The highest BCUT2D eigenvalue weighted by molar-refractivity contribution is 5.79. The summed E-state index contributed by atoms with van der Waals surface area (Å²) in [5.74, 6) is 1.12.